The van der Waals surface area contributed by atoms with E-state index >= 15 is 0 Å². The zero-order chi connectivity index (χ0) is 24.7. The van der Waals surface area contributed by atoms with Gasteiger partial charge in [-0.2, -0.15) is 8.78 Å². The highest BCUT2D eigenvalue weighted by Gasteiger charge is 2.48. The quantitative estimate of drug-likeness (QED) is 0.183. The van der Waals surface area contributed by atoms with Gasteiger partial charge in [0.1, 0.15) is 5.75 Å². The van der Waals surface area contributed by atoms with Crippen LogP contribution in [0.3, 0.4) is 0 Å². The van der Waals surface area contributed by atoms with Gasteiger partial charge < -0.3 is 9.05 Å². The molecule has 178 valence electrons. The maximum absolute atomic E-state index is 14.1. The van der Waals surface area contributed by atoms with Crippen molar-refractivity contribution in [1.29, 1.82) is 0 Å². The summed E-state index contributed by atoms with van der Waals surface area (Å²) in [5.41, 5.74) is 0. The molecule has 0 amide bonds. The first-order valence-corrected chi connectivity index (χ1v) is 9.83. The normalized spacial score (nSPS) is 20.7. The van der Waals surface area contributed by atoms with Gasteiger partial charge in [-0.25, -0.2) is 39.7 Å². The minimum atomic E-state index is -5.92. The van der Waals surface area contributed by atoms with E-state index in [1.807, 2.05) is 0 Å². The Labute approximate surface area is 177 Å². The third-order valence-electron chi connectivity index (χ3n) is 3.95. The summed E-state index contributed by atoms with van der Waals surface area (Å²) >= 11 is 0. The molecule has 0 N–H and O–H groups in total. The molecule has 0 bridgehead atoms. The lowest BCUT2D eigenvalue weighted by molar-refractivity contribution is 0.0738. The third kappa shape index (κ3) is 4.58. The molecule has 2 aromatic carbocycles. The molecule has 1 aliphatic rings. The molecule has 15 heteroatoms. The Bertz CT molecular complexity index is 1170. The van der Waals surface area contributed by atoms with Crippen molar-refractivity contribution in [2.24, 2.45) is 0 Å². The molecule has 0 spiro atoms. The second-order valence-electron chi connectivity index (χ2n) is 6.09. The van der Waals surface area contributed by atoms with Gasteiger partial charge in [-0.15, -0.1) is 0 Å². The average Bonchev–Trinajstić information content (AvgIpc) is 2.80. The van der Waals surface area contributed by atoms with E-state index in [-0.39, 0.29) is 0 Å². The van der Waals surface area contributed by atoms with Crippen molar-refractivity contribution in [3.05, 3.63) is 82.7 Å². The van der Waals surface area contributed by atoms with Crippen LogP contribution in [-0.4, -0.2) is 12.3 Å². The molecule has 3 unspecified atom stereocenters. The predicted octanol–water partition coefficient (Wildman–Crippen LogP) is 6.99. The Hall–Kier alpha value is -2.99. The number of phosphoric acid groups is 1. The number of hydrogen-bond donors (Lipinski definition) is 0. The average molecular weight is 508 g/mol. The number of halogens is 10. The Kier molecular flexibility index (Phi) is 6.80. The number of benzene rings is 2. The van der Waals surface area contributed by atoms with Gasteiger partial charge in [0.25, 0.3) is 0 Å². The van der Waals surface area contributed by atoms with E-state index in [0.29, 0.717) is 0 Å². The molecular weight excluding hydrogens is 501 g/mol. The van der Waals surface area contributed by atoms with Crippen molar-refractivity contribution in [1.82, 2.24) is 0 Å². The number of phosphoric ester groups is 1. The molecule has 3 atom stereocenters. The smallest absolute Gasteiger partial charge is 0.395 e. The lowest BCUT2D eigenvalue weighted by Gasteiger charge is -2.27. The molecule has 0 fully saturated rings. The molecular formula is C18H7F10O4P. The van der Waals surface area contributed by atoms with Gasteiger partial charge in [-0.1, -0.05) is 18.2 Å². The zero-order valence-corrected chi connectivity index (χ0v) is 16.3. The van der Waals surface area contributed by atoms with Crippen molar-refractivity contribution < 1.29 is 62.0 Å². The molecule has 0 saturated carbocycles. The van der Waals surface area contributed by atoms with E-state index < -0.39 is 84.0 Å². The fourth-order valence-corrected chi connectivity index (χ4v) is 3.77. The van der Waals surface area contributed by atoms with E-state index in [0.717, 1.165) is 12.1 Å². The first-order chi connectivity index (χ1) is 15.4. The van der Waals surface area contributed by atoms with Crippen LogP contribution in [0.1, 0.15) is 0 Å². The summed E-state index contributed by atoms with van der Waals surface area (Å²) < 4.78 is 162. The van der Waals surface area contributed by atoms with Crippen LogP contribution < -0.4 is 9.05 Å². The van der Waals surface area contributed by atoms with Crippen molar-refractivity contribution in [3.63, 3.8) is 0 Å². The number of alkyl halides is 1. The summed E-state index contributed by atoms with van der Waals surface area (Å²) in [7, 11) is -5.92. The summed E-state index contributed by atoms with van der Waals surface area (Å²) in [5, 5.41) is 0. The van der Waals surface area contributed by atoms with Crippen molar-refractivity contribution in [2.45, 2.75) is 12.3 Å². The highest BCUT2D eigenvalue weighted by molar-refractivity contribution is 7.49. The minimum absolute atomic E-state index is 0.567. The third-order valence-corrected chi connectivity index (χ3v) is 5.27. The topological polar surface area (TPSA) is 44.8 Å². The van der Waals surface area contributed by atoms with Gasteiger partial charge in [0.15, 0.2) is 35.6 Å². The van der Waals surface area contributed by atoms with Crippen LogP contribution in [0.4, 0.5) is 43.9 Å². The maximum Gasteiger partial charge on any atom is 0.588 e. The van der Waals surface area contributed by atoms with E-state index in [4.69, 9.17) is 0 Å². The van der Waals surface area contributed by atoms with E-state index in [1.165, 1.54) is 18.2 Å². The SMILES string of the molecule is O=P(Oc1ccccc1)(Oc1c(F)c(F)c(F)c(F)c1F)OC1C(F)=C(F)C(F)=C(F)C1F. The summed E-state index contributed by atoms with van der Waals surface area (Å²) in [4.78, 5) is 0. The molecule has 2 aromatic rings. The summed E-state index contributed by atoms with van der Waals surface area (Å²) in [5.74, 6) is -26.2. The first-order valence-electron chi connectivity index (χ1n) is 8.36. The molecule has 33 heavy (non-hydrogen) atoms. The molecule has 0 saturated heterocycles. The monoisotopic (exact) mass is 508 g/mol. The Morgan fingerprint density at radius 2 is 1.15 bits per heavy atom. The van der Waals surface area contributed by atoms with Crippen LogP contribution in [0.2, 0.25) is 0 Å². The lowest BCUT2D eigenvalue weighted by atomic mass is 10.1. The largest absolute Gasteiger partial charge is 0.588 e. The second kappa shape index (κ2) is 9.10. The zero-order valence-electron chi connectivity index (χ0n) is 15.4. The summed E-state index contributed by atoms with van der Waals surface area (Å²) in [6.07, 6.45) is -6.74. The lowest BCUT2D eigenvalue weighted by Crippen LogP contribution is -2.31. The molecule has 0 radical (unpaired) electrons. The van der Waals surface area contributed by atoms with Crippen molar-refractivity contribution in [3.8, 4) is 11.5 Å². The molecule has 0 heterocycles. The Morgan fingerprint density at radius 1 is 0.667 bits per heavy atom. The number of rotatable bonds is 6. The molecule has 4 nitrogen and oxygen atoms in total. The van der Waals surface area contributed by atoms with Crippen LogP contribution in [-0.2, 0) is 9.09 Å². The van der Waals surface area contributed by atoms with Gasteiger partial charge in [0.05, 0.1) is 0 Å². The van der Waals surface area contributed by atoms with Crippen LogP contribution in [0.5, 0.6) is 11.5 Å². The molecule has 0 aliphatic heterocycles. The highest BCUT2D eigenvalue weighted by Crippen LogP contribution is 2.54. The predicted molar refractivity (Wildman–Crippen MR) is 89.8 cm³/mol. The van der Waals surface area contributed by atoms with Crippen LogP contribution >= 0.6 is 7.82 Å². The summed E-state index contributed by atoms with van der Waals surface area (Å²) in [6.45, 7) is 0. The van der Waals surface area contributed by atoms with Gasteiger partial charge in [-0.3, -0.25) is 4.52 Å². The Morgan fingerprint density at radius 3 is 1.70 bits per heavy atom. The minimum Gasteiger partial charge on any atom is -0.395 e. The van der Waals surface area contributed by atoms with Gasteiger partial charge in [0, 0.05) is 0 Å². The number of para-hydroxylation sites is 1. The Balaban J connectivity index is 2.09. The van der Waals surface area contributed by atoms with E-state index in [2.05, 4.69) is 13.6 Å². The fourth-order valence-electron chi connectivity index (χ4n) is 2.40. The maximum atomic E-state index is 14.1. The van der Waals surface area contributed by atoms with Crippen LogP contribution in [0.15, 0.2) is 53.6 Å². The van der Waals surface area contributed by atoms with Gasteiger partial charge in [-0.05, 0) is 12.1 Å². The number of hydrogen-bond acceptors (Lipinski definition) is 4. The van der Waals surface area contributed by atoms with Crippen LogP contribution in [0.25, 0.3) is 0 Å². The van der Waals surface area contributed by atoms with Crippen molar-refractivity contribution in [2.75, 3.05) is 0 Å². The van der Waals surface area contributed by atoms with Gasteiger partial charge >= 0.3 is 7.82 Å². The molecule has 1 aliphatic carbocycles. The highest BCUT2D eigenvalue weighted by atomic mass is 31.2. The van der Waals surface area contributed by atoms with Crippen molar-refractivity contribution >= 4 is 7.82 Å². The molecule has 0 aromatic heterocycles. The van der Waals surface area contributed by atoms with E-state index in [9.17, 15) is 48.5 Å². The second-order valence-corrected chi connectivity index (χ2v) is 7.56. The van der Waals surface area contributed by atoms with E-state index in [1.54, 1.807) is 0 Å². The molecule has 3 rings (SSSR count). The summed E-state index contributed by atoms with van der Waals surface area (Å²) in [6, 6.07) is 5.71. The number of allylic oxidation sites excluding steroid dienone is 2. The standard InChI is InChI=1S/C18H7F10O4P/c19-7-9(21)13(25)17(14(26)10(7)22)31-33(29,30-6-4-2-1-3-5-6)32-18-15(27)11(23)8(20)12(24)16(18)28/h1-5,13,17H. The van der Waals surface area contributed by atoms with Crippen LogP contribution in [0, 0.1) is 29.1 Å². The fraction of sp³-hybridized carbons (Fsp3) is 0.111. The van der Waals surface area contributed by atoms with Gasteiger partial charge in [0.2, 0.25) is 34.8 Å². The first kappa shape index (κ1) is 24.6.